The van der Waals surface area contributed by atoms with E-state index in [1.54, 1.807) is 7.11 Å². The molecule has 1 atom stereocenters. The van der Waals surface area contributed by atoms with Crippen LogP contribution in [0, 0.1) is 12.3 Å². The number of methoxy groups -OCH3 is 1. The third-order valence-corrected chi connectivity index (χ3v) is 6.94. The molecule has 0 saturated carbocycles. The van der Waals surface area contributed by atoms with E-state index in [2.05, 4.69) is 28.9 Å². The molecule has 0 unspecified atom stereocenters. The standard InChI is InChI=1S/C23H34N2O3/c1-17-20-13-18(27-2)6-7-21(20)24-22(17)15-25-10-8-23(16-26,9-11-25)14-19-5-3-4-12-28-19/h6-7,13,19,24,26H,3-5,8-12,14-16H2,1-2H3/t19-/m1/s1. The van der Waals surface area contributed by atoms with E-state index in [-0.39, 0.29) is 12.0 Å². The van der Waals surface area contributed by atoms with E-state index in [4.69, 9.17) is 9.47 Å². The van der Waals surface area contributed by atoms with Gasteiger partial charge in [0, 0.05) is 36.4 Å². The Morgan fingerprint density at radius 1 is 1.29 bits per heavy atom. The van der Waals surface area contributed by atoms with Crippen molar-refractivity contribution >= 4 is 10.9 Å². The Labute approximate surface area is 168 Å². The van der Waals surface area contributed by atoms with E-state index < -0.39 is 0 Å². The fourth-order valence-electron chi connectivity index (χ4n) is 4.93. The number of fused-ring (bicyclic) bond motifs is 1. The van der Waals surface area contributed by atoms with Gasteiger partial charge in [-0.3, -0.25) is 4.90 Å². The van der Waals surface area contributed by atoms with Crippen LogP contribution in [0.2, 0.25) is 0 Å². The monoisotopic (exact) mass is 386 g/mol. The van der Waals surface area contributed by atoms with E-state index in [0.29, 0.717) is 6.10 Å². The van der Waals surface area contributed by atoms with Gasteiger partial charge in [-0.25, -0.2) is 0 Å². The molecule has 0 aliphatic carbocycles. The maximum Gasteiger partial charge on any atom is 0.119 e. The first-order valence-electron chi connectivity index (χ1n) is 10.7. The van der Waals surface area contributed by atoms with Gasteiger partial charge >= 0.3 is 0 Å². The van der Waals surface area contributed by atoms with Gasteiger partial charge in [-0.1, -0.05) is 0 Å². The largest absolute Gasteiger partial charge is 0.497 e. The van der Waals surface area contributed by atoms with E-state index in [9.17, 15) is 5.11 Å². The van der Waals surface area contributed by atoms with E-state index >= 15 is 0 Å². The number of hydrogen-bond donors (Lipinski definition) is 2. The Hall–Kier alpha value is -1.56. The molecule has 5 nitrogen and oxygen atoms in total. The van der Waals surface area contributed by atoms with Crippen LogP contribution >= 0.6 is 0 Å². The number of ether oxygens (including phenoxy) is 2. The van der Waals surface area contributed by atoms with Crippen molar-refractivity contribution in [2.75, 3.05) is 33.4 Å². The highest BCUT2D eigenvalue weighted by molar-refractivity contribution is 5.85. The summed E-state index contributed by atoms with van der Waals surface area (Å²) < 4.78 is 11.3. The van der Waals surface area contributed by atoms with Gasteiger partial charge in [0.25, 0.3) is 0 Å². The summed E-state index contributed by atoms with van der Waals surface area (Å²) in [6.45, 7) is 6.37. The van der Waals surface area contributed by atoms with Gasteiger partial charge in [0.05, 0.1) is 13.2 Å². The highest BCUT2D eigenvalue weighted by Gasteiger charge is 2.37. The number of aromatic amines is 1. The van der Waals surface area contributed by atoms with Gasteiger partial charge in [-0.15, -0.1) is 0 Å². The Morgan fingerprint density at radius 2 is 2.11 bits per heavy atom. The predicted octanol–water partition coefficient (Wildman–Crippen LogP) is 4.02. The summed E-state index contributed by atoms with van der Waals surface area (Å²) in [4.78, 5) is 6.11. The molecule has 0 radical (unpaired) electrons. The minimum absolute atomic E-state index is 0.0430. The van der Waals surface area contributed by atoms with Crippen LogP contribution in [0.1, 0.15) is 49.8 Å². The Morgan fingerprint density at radius 3 is 2.79 bits per heavy atom. The average Bonchev–Trinajstić information content (AvgIpc) is 3.05. The zero-order valence-corrected chi connectivity index (χ0v) is 17.3. The topological polar surface area (TPSA) is 57.7 Å². The van der Waals surface area contributed by atoms with Crippen molar-refractivity contribution in [2.45, 2.75) is 58.1 Å². The number of aryl methyl sites for hydroxylation is 1. The summed E-state index contributed by atoms with van der Waals surface area (Å²) in [7, 11) is 1.71. The SMILES string of the molecule is COc1ccc2[nH]c(CN3CCC(CO)(C[C@H]4CCCCO4)CC3)c(C)c2c1. The minimum Gasteiger partial charge on any atom is -0.497 e. The molecular weight excluding hydrogens is 352 g/mol. The minimum atomic E-state index is 0.0430. The average molecular weight is 387 g/mol. The third kappa shape index (κ3) is 4.07. The Bertz CT molecular complexity index is 786. The summed E-state index contributed by atoms with van der Waals surface area (Å²) in [6.07, 6.45) is 7.08. The number of aliphatic hydroxyl groups is 1. The number of nitrogens with zero attached hydrogens (tertiary/aromatic N) is 1. The molecule has 2 aliphatic rings. The summed E-state index contributed by atoms with van der Waals surface area (Å²) in [5, 5.41) is 11.4. The second kappa shape index (κ2) is 8.44. The van der Waals surface area contributed by atoms with Crippen LogP contribution in [0.25, 0.3) is 10.9 Å². The van der Waals surface area contributed by atoms with E-state index in [0.717, 1.165) is 57.7 Å². The number of H-pyrrole nitrogens is 1. The van der Waals surface area contributed by atoms with Crippen molar-refractivity contribution in [2.24, 2.45) is 5.41 Å². The lowest BCUT2D eigenvalue weighted by Gasteiger charge is -2.43. The predicted molar refractivity (Wildman–Crippen MR) is 112 cm³/mol. The molecule has 4 rings (SSSR count). The van der Waals surface area contributed by atoms with Crippen molar-refractivity contribution in [3.8, 4) is 5.75 Å². The van der Waals surface area contributed by atoms with Crippen molar-refractivity contribution in [3.05, 3.63) is 29.5 Å². The van der Waals surface area contributed by atoms with Crippen molar-refractivity contribution in [1.82, 2.24) is 9.88 Å². The van der Waals surface area contributed by atoms with Crippen LogP contribution in [0.5, 0.6) is 5.75 Å². The van der Waals surface area contributed by atoms with Crippen LogP contribution in [0.15, 0.2) is 18.2 Å². The highest BCUT2D eigenvalue weighted by Crippen LogP contribution is 2.38. The van der Waals surface area contributed by atoms with Crippen molar-refractivity contribution < 1.29 is 14.6 Å². The lowest BCUT2D eigenvalue weighted by molar-refractivity contribution is -0.0487. The van der Waals surface area contributed by atoms with Gasteiger partial charge in [-0.05, 0) is 87.7 Å². The first-order valence-corrected chi connectivity index (χ1v) is 10.7. The summed E-state index contributed by atoms with van der Waals surface area (Å²) in [5.74, 6) is 0.900. The van der Waals surface area contributed by atoms with Gasteiger partial charge in [0.2, 0.25) is 0 Å². The molecule has 1 aromatic carbocycles. The highest BCUT2D eigenvalue weighted by atomic mass is 16.5. The number of rotatable bonds is 6. The smallest absolute Gasteiger partial charge is 0.119 e. The fourth-order valence-corrected chi connectivity index (χ4v) is 4.93. The lowest BCUT2D eigenvalue weighted by atomic mass is 9.74. The van der Waals surface area contributed by atoms with Crippen molar-refractivity contribution in [1.29, 1.82) is 0 Å². The molecule has 2 aromatic rings. The molecule has 0 amide bonds. The number of piperidine rings is 1. The van der Waals surface area contributed by atoms with Gasteiger partial charge < -0.3 is 19.6 Å². The van der Waals surface area contributed by atoms with E-state index in [1.807, 2.05) is 6.07 Å². The summed E-state index contributed by atoms with van der Waals surface area (Å²) >= 11 is 0. The normalized spacial score (nSPS) is 23.2. The molecule has 2 aliphatic heterocycles. The second-order valence-corrected chi connectivity index (χ2v) is 8.77. The molecule has 0 spiro atoms. The molecule has 1 aromatic heterocycles. The second-order valence-electron chi connectivity index (χ2n) is 8.77. The number of likely N-dealkylation sites (tertiary alicyclic amines) is 1. The van der Waals surface area contributed by atoms with Crippen LogP contribution in [0.4, 0.5) is 0 Å². The molecule has 2 fully saturated rings. The molecular formula is C23H34N2O3. The van der Waals surface area contributed by atoms with Crippen LogP contribution < -0.4 is 4.74 Å². The maximum absolute atomic E-state index is 10.1. The zero-order valence-electron chi connectivity index (χ0n) is 17.3. The number of aliphatic hydroxyl groups excluding tert-OH is 1. The van der Waals surface area contributed by atoms with Gasteiger partial charge in [-0.2, -0.15) is 0 Å². The molecule has 0 bridgehead atoms. The summed E-state index contributed by atoms with van der Waals surface area (Å²) in [6, 6.07) is 6.22. The Balaban J connectivity index is 1.39. The van der Waals surface area contributed by atoms with Crippen LogP contribution in [-0.4, -0.2) is 54.5 Å². The molecule has 3 heterocycles. The zero-order chi connectivity index (χ0) is 19.6. The fraction of sp³-hybridized carbons (Fsp3) is 0.652. The van der Waals surface area contributed by atoms with E-state index in [1.165, 1.54) is 35.0 Å². The van der Waals surface area contributed by atoms with Gasteiger partial charge in [0.1, 0.15) is 5.75 Å². The summed E-state index contributed by atoms with van der Waals surface area (Å²) in [5.41, 5.74) is 3.81. The first kappa shape index (κ1) is 19.7. The molecule has 2 saturated heterocycles. The third-order valence-electron chi connectivity index (χ3n) is 6.94. The number of nitrogens with one attached hydrogen (secondary N) is 1. The van der Waals surface area contributed by atoms with Crippen LogP contribution in [0.3, 0.4) is 0 Å². The van der Waals surface area contributed by atoms with Crippen molar-refractivity contribution in [3.63, 3.8) is 0 Å². The molecule has 2 N–H and O–H groups in total. The molecule has 5 heteroatoms. The first-order chi connectivity index (χ1) is 13.6. The quantitative estimate of drug-likeness (QED) is 0.787. The molecule has 154 valence electrons. The number of aromatic nitrogens is 1. The molecule has 28 heavy (non-hydrogen) atoms. The number of hydrogen-bond acceptors (Lipinski definition) is 4. The Kier molecular flexibility index (Phi) is 5.95. The van der Waals surface area contributed by atoms with Gasteiger partial charge in [0.15, 0.2) is 0 Å². The maximum atomic E-state index is 10.1. The lowest BCUT2D eigenvalue weighted by Crippen LogP contribution is -2.44. The van der Waals surface area contributed by atoms with Crippen LogP contribution in [-0.2, 0) is 11.3 Å². The number of benzene rings is 1.